The molecule has 4 aromatic rings. The van der Waals surface area contributed by atoms with Crippen LogP contribution in [0, 0.1) is 0 Å². The van der Waals surface area contributed by atoms with Gasteiger partial charge >= 0.3 is 5.97 Å². The zero-order chi connectivity index (χ0) is 22.0. The van der Waals surface area contributed by atoms with E-state index in [1.165, 1.54) is 11.8 Å². The first-order chi connectivity index (χ1) is 14.9. The Kier molecular flexibility index (Phi) is 5.58. The maximum absolute atomic E-state index is 13.4. The number of nitrogens with one attached hydrogen (secondary N) is 1. The van der Waals surface area contributed by atoms with Gasteiger partial charge in [-0.15, -0.1) is 0 Å². The fraction of sp³-hybridized carbons (Fsp3) is 0.154. The minimum Gasteiger partial charge on any atom is -0.480 e. The van der Waals surface area contributed by atoms with Gasteiger partial charge in [-0.05, 0) is 59.7 Å². The molecule has 5 heteroatoms. The summed E-state index contributed by atoms with van der Waals surface area (Å²) in [4.78, 5) is 26.5. The number of anilines is 2. The van der Waals surface area contributed by atoms with Gasteiger partial charge in [-0.1, -0.05) is 60.7 Å². The number of carbonyl (C=O) groups is 2. The zero-order valence-electron chi connectivity index (χ0n) is 17.4. The van der Waals surface area contributed by atoms with Crippen molar-refractivity contribution in [2.75, 3.05) is 10.2 Å². The van der Waals surface area contributed by atoms with E-state index >= 15 is 0 Å². The third-order valence-electron chi connectivity index (χ3n) is 5.50. The molecule has 1 amide bonds. The van der Waals surface area contributed by atoms with Crippen molar-refractivity contribution in [3.63, 3.8) is 0 Å². The second kappa shape index (κ2) is 8.48. The Morgan fingerprint density at radius 2 is 1.32 bits per heavy atom. The molecule has 0 unspecified atom stereocenters. The molecule has 0 aliphatic heterocycles. The van der Waals surface area contributed by atoms with Gasteiger partial charge in [0.2, 0.25) is 5.91 Å². The third-order valence-corrected chi connectivity index (χ3v) is 5.50. The van der Waals surface area contributed by atoms with Crippen LogP contribution >= 0.6 is 0 Å². The van der Waals surface area contributed by atoms with E-state index in [0.29, 0.717) is 5.69 Å². The highest BCUT2D eigenvalue weighted by molar-refractivity contribution is 6.04. The highest BCUT2D eigenvalue weighted by Gasteiger charge is 2.30. The van der Waals surface area contributed by atoms with Gasteiger partial charge in [-0.3, -0.25) is 9.69 Å². The summed E-state index contributed by atoms with van der Waals surface area (Å²) in [5.41, 5.74) is 1.37. The molecule has 156 valence electrons. The quantitative estimate of drug-likeness (QED) is 0.451. The van der Waals surface area contributed by atoms with Crippen molar-refractivity contribution in [3.05, 3.63) is 84.9 Å². The number of carbonyl (C=O) groups excluding carboxylic acids is 1. The van der Waals surface area contributed by atoms with Crippen molar-refractivity contribution in [3.8, 4) is 0 Å². The smallest absolute Gasteiger partial charge is 0.326 e. The second-order valence-electron chi connectivity index (χ2n) is 7.68. The van der Waals surface area contributed by atoms with Crippen LogP contribution in [-0.4, -0.2) is 29.1 Å². The van der Waals surface area contributed by atoms with E-state index in [9.17, 15) is 14.7 Å². The van der Waals surface area contributed by atoms with Gasteiger partial charge in [-0.2, -0.15) is 0 Å². The molecule has 4 aromatic carbocycles. The Morgan fingerprint density at radius 1 is 0.774 bits per heavy atom. The van der Waals surface area contributed by atoms with Gasteiger partial charge in [0.05, 0.1) is 0 Å². The lowest BCUT2D eigenvalue weighted by Crippen LogP contribution is -2.49. The number of nitrogens with zero attached hydrogens (tertiary/aromatic N) is 1. The van der Waals surface area contributed by atoms with Crippen LogP contribution in [0.2, 0.25) is 0 Å². The fourth-order valence-electron chi connectivity index (χ4n) is 3.78. The monoisotopic (exact) mass is 412 g/mol. The van der Waals surface area contributed by atoms with Crippen LogP contribution in [0.1, 0.15) is 13.8 Å². The molecular weight excluding hydrogens is 388 g/mol. The normalized spacial score (nSPS) is 13.0. The van der Waals surface area contributed by atoms with Crippen molar-refractivity contribution < 1.29 is 14.7 Å². The number of benzene rings is 4. The van der Waals surface area contributed by atoms with Gasteiger partial charge in [0.25, 0.3) is 0 Å². The van der Waals surface area contributed by atoms with E-state index in [1.807, 2.05) is 78.9 Å². The van der Waals surface area contributed by atoms with Crippen LogP contribution in [-0.2, 0) is 9.59 Å². The van der Waals surface area contributed by atoms with Crippen LogP contribution in [0.3, 0.4) is 0 Å². The number of rotatable bonds is 6. The van der Waals surface area contributed by atoms with Gasteiger partial charge in [0.15, 0.2) is 0 Å². The Hall–Kier alpha value is -3.86. The minimum absolute atomic E-state index is 0.307. The SMILES string of the molecule is C[C@H](C(=O)O)N(C(=O)[C@@H](C)Nc1ccc2ccccc2c1)c1ccc2ccccc2c1. The molecule has 0 aromatic heterocycles. The molecule has 0 heterocycles. The number of fused-ring (bicyclic) bond motifs is 2. The molecule has 0 saturated heterocycles. The van der Waals surface area contributed by atoms with Gasteiger partial charge in [0.1, 0.15) is 12.1 Å². The first-order valence-electron chi connectivity index (χ1n) is 10.2. The summed E-state index contributed by atoms with van der Waals surface area (Å²) in [5.74, 6) is -1.36. The minimum atomic E-state index is -1.06. The van der Waals surface area contributed by atoms with Crippen molar-refractivity contribution in [2.24, 2.45) is 0 Å². The average Bonchev–Trinajstić information content (AvgIpc) is 2.78. The predicted molar refractivity (Wildman–Crippen MR) is 126 cm³/mol. The summed E-state index contributed by atoms with van der Waals surface area (Å²) in [6.07, 6.45) is 0. The van der Waals surface area contributed by atoms with E-state index in [4.69, 9.17) is 0 Å². The summed E-state index contributed by atoms with van der Waals surface area (Å²) in [5, 5.41) is 17.0. The molecule has 0 radical (unpaired) electrons. The van der Waals surface area contributed by atoms with Crippen LogP contribution in [0.4, 0.5) is 11.4 Å². The summed E-state index contributed by atoms with van der Waals surface area (Å²) >= 11 is 0. The number of aliphatic carboxylic acids is 1. The highest BCUT2D eigenvalue weighted by atomic mass is 16.4. The van der Waals surface area contributed by atoms with Crippen LogP contribution in [0.15, 0.2) is 84.9 Å². The highest BCUT2D eigenvalue weighted by Crippen LogP contribution is 2.26. The average molecular weight is 412 g/mol. The molecule has 0 aliphatic carbocycles. The van der Waals surface area contributed by atoms with Gasteiger partial charge in [0, 0.05) is 11.4 Å². The molecule has 0 bridgehead atoms. The van der Waals surface area contributed by atoms with Crippen LogP contribution in [0.25, 0.3) is 21.5 Å². The molecular formula is C26H24N2O3. The third kappa shape index (κ3) is 4.21. The molecule has 0 saturated carbocycles. The van der Waals surface area contributed by atoms with Crippen molar-refractivity contribution in [2.45, 2.75) is 25.9 Å². The number of carboxylic acid groups (broad SMARTS) is 1. The standard InChI is InChI=1S/C26H24N2O3/c1-17(27-23-13-11-19-7-3-5-9-21(19)15-23)25(29)28(18(2)26(30)31)24-14-12-20-8-4-6-10-22(20)16-24/h3-18,27H,1-2H3,(H,30,31)/t17-,18-/m1/s1. The van der Waals surface area contributed by atoms with Crippen LogP contribution in [0.5, 0.6) is 0 Å². The first-order valence-corrected chi connectivity index (χ1v) is 10.2. The lowest BCUT2D eigenvalue weighted by molar-refractivity contribution is -0.139. The van der Waals surface area contributed by atoms with E-state index in [2.05, 4.69) is 5.32 Å². The Balaban J connectivity index is 1.64. The summed E-state index contributed by atoms with van der Waals surface area (Å²) < 4.78 is 0. The molecule has 2 N–H and O–H groups in total. The second-order valence-corrected chi connectivity index (χ2v) is 7.68. The van der Waals surface area contributed by atoms with Crippen molar-refractivity contribution in [1.82, 2.24) is 0 Å². The van der Waals surface area contributed by atoms with Crippen molar-refractivity contribution in [1.29, 1.82) is 0 Å². The van der Waals surface area contributed by atoms with E-state index in [-0.39, 0.29) is 5.91 Å². The zero-order valence-corrected chi connectivity index (χ0v) is 17.4. The van der Waals surface area contributed by atoms with E-state index in [1.54, 1.807) is 13.0 Å². The first kappa shape index (κ1) is 20.4. The van der Waals surface area contributed by atoms with E-state index in [0.717, 1.165) is 27.2 Å². The van der Waals surface area contributed by atoms with Gasteiger partial charge < -0.3 is 10.4 Å². The molecule has 4 rings (SSSR count). The maximum Gasteiger partial charge on any atom is 0.326 e. The summed E-state index contributed by atoms with van der Waals surface area (Å²) in [7, 11) is 0. The summed E-state index contributed by atoms with van der Waals surface area (Å²) in [6, 6.07) is 25.6. The van der Waals surface area contributed by atoms with Gasteiger partial charge in [-0.25, -0.2) is 4.79 Å². The Labute approximate surface area is 180 Å². The van der Waals surface area contributed by atoms with Crippen molar-refractivity contribution >= 4 is 44.8 Å². The molecule has 0 spiro atoms. The maximum atomic E-state index is 13.4. The molecule has 5 nitrogen and oxygen atoms in total. The largest absolute Gasteiger partial charge is 0.480 e. The number of amides is 1. The Bertz CT molecular complexity index is 1270. The molecule has 0 aliphatic rings. The topological polar surface area (TPSA) is 69.6 Å². The molecule has 2 atom stereocenters. The lowest BCUT2D eigenvalue weighted by atomic mass is 10.1. The fourth-order valence-corrected chi connectivity index (χ4v) is 3.78. The predicted octanol–water partition coefficient (Wildman–Crippen LogP) is 5.30. The molecule has 0 fully saturated rings. The summed E-state index contributed by atoms with van der Waals surface area (Å²) in [6.45, 7) is 3.28. The number of hydrogen-bond donors (Lipinski definition) is 2. The van der Waals surface area contributed by atoms with Crippen LogP contribution < -0.4 is 10.2 Å². The number of hydrogen-bond acceptors (Lipinski definition) is 3. The lowest BCUT2D eigenvalue weighted by Gasteiger charge is -2.30. The number of carboxylic acids is 1. The Morgan fingerprint density at radius 3 is 1.94 bits per heavy atom. The molecule has 31 heavy (non-hydrogen) atoms. The van der Waals surface area contributed by atoms with E-state index < -0.39 is 18.1 Å².